The first-order valence-electron chi connectivity index (χ1n) is 2.96. The van der Waals surface area contributed by atoms with Gasteiger partial charge in [0, 0.05) is 0 Å². The van der Waals surface area contributed by atoms with Gasteiger partial charge in [0.05, 0.1) is 11.9 Å². The molecule has 0 atom stereocenters. The number of aromatic nitrogens is 2. The lowest BCUT2D eigenvalue weighted by Crippen LogP contribution is -2.05. The largest absolute Gasteiger partial charge is 0.400 e. The molecule has 0 aliphatic carbocycles. The molecule has 0 aromatic carbocycles. The minimum atomic E-state index is 0.955. The van der Waals surface area contributed by atoms with Crippen molar-refractivity contribution in [3.8, 4) is 0 Å². The van der Waals surface area contributed by atoms with Crippen LogP contribution in [-0.2, 0) is 6.42 Å². The van der Waals surface area contributed by atoms with E-state index in [0.29, 0.717) is 0 Å². The Balaban J connectivity index is 2.74. The van der Waals surface area contributed by atoms with E-state index in [0.717, 1.165) is 12.1 Å². The molecule has 1 aromatic rings. The fourth-order valence-corrected chi connectivity index (χ4v) is 0.633. The Morgan fingerprint density at radius 2 is 2.56 bits per heavy atom. The van der Waals surface area contributed by atoms with Crippen LogP contribution in [0.25, 0.3) is 0 Å². The van der Waals surface area contributed by atoms with Gasteiger partial charge >= 0.3 is 0 Å². The first kappa shape index (κ1) is 6.13. The summed E-state index contributed by atoms with van der Waals surface area (Å²) in [6, 6.07) is 1.93. The fraction of sp³-hybridized carbons (Fsp3) is 0.500. The maximum Gasteiger partial charge on any atom is 0.106 e. The first-order chi connectivity index (χ1) is 4.36. The average molecular weight is 126 g/mol. The highest BCUT2D eigenvalue weighted by Crippen LogP contribution is 1.92. The van der Waals surface area contributed by atoms with Crippen LogP contribution < -0.4 is 4.84 Å². The molecule has 50 valence electrons. The van der Waals surface area contributed by atoms with Crippen molar-refractivity contribution in [3.05, 3.63) is 18.0 Å². The van der Waals surface area contributed by atoms with Crippen LogP contribution in [0.2, 0.25) is 0 Å². The predicted molar refractivity (Wildman–Crippen MR) is 34.1 cm³/mol. The molecule has 1 rings (SSSR count). The van der Waals surface area contributed by atoms with E-state index in [4.69, 9.17) is 4.84 Å². The van der Waals surface area contributed by atoms with Crippen LogP contribution in [0.3, 0.4) is 0 Å². The van der Waals surface area contributed by atoms with Crippen molar-refractivity contribution in [3.63, 3.8) is 0 Å². The number of nitrogens with zero attached hydrogens (tertiary/aromatic N) is 2. The molecule has 0 saturated carbocycles. The Morgan fingerprint density at radius 1 is 1.78 bits per heavy atom. The van der Waals surface area contributed by atoms with Gasteiger partial charge in [-0.05, 0) is 12.5 Å². The van der Waals surface area contributed by atoms with Crippen LogP contribution in [0.4, 0.5) is 0 Å². The van der Waals surface area contributed by atoms with Crippen molar-refractivity contribution in [2.75, 3.05) is 7.11 Å². The van der Waals surface area contributed by atoms with E-state index in [-0.39, 0.29) is 0 Å². The summed E-state index contributed by atoms with van der Waals surface area (Å²) in [6.07, 6.45) is 2.75. The highest BCUT2D eigenvalue weighted by Gasteiger charge is 1.92. The molecule has 0 amide bonds. The molecule has 0 bridgehead atoms. The third-order valence-corrected chi connectivity index (χ3v) is 1.17. The molecule has 3 heteroatoms. The molecule has 0 fully saturated rings. The number of rotatable bonds is 2. The monoisotopic (exact) mass is 126 g/mol. The summed E-state index contributed by atoms with van der Waals surface area (Å²) in [4.78, 5) is 6.25. The lowest BCUT2D eigenvalue weighted by Gasteiger charge is -1.93. The number of aryl methyl sites for hydroxylation is 1. The van der Waals surface area contributed by atoms with Gasteiger partial charge in [-0.25, -0.2) is 0 Å². The fourth-order valence-electron chi connectivity index (χ4n) is 0.633. The van der Waals surface area contributed by atoms with E-state index in [1.165, 1.54) is 4.85 Å². The topological polar surface area (TPSA) is 27.1 Å². The molecule has 0 aliphatic heterocycles. The molecule has 0 N–H and O–H groups in total. The van der Waals surface area contributed by atoms with E-state index < -0.39 is 0 Å². The normalized spacial score (nSPS) is 9.56. The maximum atomic E-state index is 4.80. The minimum Gasteiger partial charge on any atom is -0.400 e. The van der Waals surface area contributed by atoms with E-state index in [1.54, 1.807) is 13.3 Å². The molecule has 0 spiro atoms. The summed E-state index contributed by atoms with van der Waals surface area (Å²) in [5.41, 5.74) is 1.05. The molecule has 1 heterocycles. The van der Waals surface area contributed by atoms with Crippen LogP contribution in [0, 0.1) is 0 Å². The van der Waals surface area contributed by atoms with Crippen LogP contribution >= 0.6 is 0 Å². The summed E-state index contributed by atoms with van der Waals surface area (Å²) < 4.78 is 0. The Morgan fingerprint density at radius 3 is 2.89 bits per heavy atom. The second-order valence-electron chi connectivity index (χ2n) is 1.75. The van der Waals surface area contributed by atoms with Gasteiger partial charge < -0.3 is 4.84 Å². The average Bonchev–Trinajstić information content (AvgIpc) is 2.34. The van der Waals surface area contributed by atoms with Crippen molar-refractivity contribution in [2.24, 2.45) is 0 Å². The quantitative estimate of drug-likeness (QED) is 0.577. The van der Waals surface area contributed by atoms with E-state index in [1.807, 2.05) is 6.07 Å². The summed E-state index contributed by atoms with van der Waals surface area (Å²) in [5, 5.41) is 4.04. The van der Waals surface area contributed by atoms with Crippen LogP contribution in [0.5, 0.6) is 0 Å². The van der Waals surface area contributed by atoms with Gasteiger partial charge in [-0.15, -0.1) is 9.94 Å². The molecule has 0 unspecified atom stereocenters. The smallest absolute Gasteiger partial charge is 0.106 e. The van der Waals surface area contributed by atoms with Crippen molar-refractivity contribution < 1.29 is 4.84 Å². The molecule has 9 heavy (non-hydrogen) atoms. The van der Waals surface area contributed by atoms with Crippen molar-refractivity contribution in [2.45, 2.75) is 13.3 Å². The Kier molecular flexibility index (Phi) is 1.72. The van der Waals surface area contributed by atoms with Crippen LogP contribution in [-0.4, -0.2) is 17.1 Å². The SMILES string of the molecule is CCc1ccn(OC)n1. The lowest BCUT2D eigenvalue weighted by molar-refractivity contribution is 0.133. The molecule has 0 aliphatic rings. The molecular weight excluding hydrogens is 116 g/mol. The maximum absolute atomic E-state index is 4.80. The highest BCUT2D eigenvalue weighted by atomic mass is 16.7. The summed E-state index contributed by atoms with van der Waals surface area (Å²) in [7, 11) is 1.59. The highest BCUT2D eigenvalue weighted by molar-refractivity contribution is 4.96. The van der Waals surface area contributed by atoms with Gasteiger partial charge in [0.2, 0.25) is 0 Å². The molecular formula is C6H10N2O. The third kappa shape index (κ3) is 1.22. The van der Waals surface area contributed by atoms with Gasteiger partial charge in [-0.2, -0.15) is 0 Å². The molecule has 0 saturated heterocycles. The molecule has 0 radical (unpaired) electrons. The molecule has 3 nitrogen and oxygen atoms in total. The predicted octanol–water partition coefficient (Wildman–Crippen LogP) is 0.504. The lowest BCUT2D eigenvalue weighted by atomic mass is 10.4. The first-order valence-corrected chi connectivity index (χ1v) is 2.96. The second kappa shape index (κ2) is 2.53. The summed E-state index contributed by atoms with van der Waals surface area (Å²) in [6.45, 7) is 2.06. The standard InChI is InChI=1S/C6H10N2O/c1-3-6-4-5-8(7-6)9-2/h4-5H,3H2,1-2H3. The Labute approximate surface area is 54.2 Å². The van der Waals surface area contributed by atoms with Gasteiger partial charge in [0.25, 0.3) is 0 Å². The minimum absolute atomic E-state index is 0.955. The zero-order chi connectivity index (χ0) is 6.69. The van der Waals surface area contributed by atoms with Crippen molar-refractivity contribution in [1.29, 1.82) is 0 Å². The van der Waals surface area contributed by atoms with Crippen LogP contribution in [0.15, 0.2) is 12.3 Å². The zero-order valence-corrected chi connectivity index (χ0v) is 5.66. The van der Waals surface area contributed by atoms with Gasteiger partial charge in [0.15, 0.2) is 0 Å². The third-order valence-electron chi connectivity index (χ3n) is 1.17. The Hall–Kier alpha value is -0.990. The van der Waals surface area contributed by atoms with Crippen molar-refractivity contribution >= 4 is 0 Å². The molecule has 1 aromatic heterocycles. The number of hydrogen-bond acceptors (Lipinski definition) is 2. The van der Waals surface area contributed by atoms with Crippen molar-refractivity contribution in [1.82, 2.24) is 9.94 Å². The second-order valence-corrected chi connectivity index (χ2v) is 1.75. The zero-order valence-electron chi connectivity index (χ0n) is 5.66. The van der Waals surface area contributed by atoms with Gasteiger partial charge in [-0.1, -0.05) is 6.92 Å². The summed E-state index contributed by atoms with van der Waals surface area (Å²) in [5.74, 6) is 0. The van der Waals surface area contributed by atoms with Gasteiger partial charge in [-0.3, -0.25) is 0 Å². The van der Waals surface area contributed by atoms with Gasteiger partial charge in [0.1, 0.15) is 7.11 Å². The van der Waals surface area contributed by atoms with Crippen LogP contribution in [0.1, 0.15) is 12.6 Å². The van der Waals surface area contributed by atoms with E-state index in [2.05, 4.69) is 12.0 Å². The summed E-state index contributed by atoms with van der Waals surface area (Å²) >= 11 is 0. The van der Waals surface area contributed by atoms with E-state index >= 15 is 0 Å². The Bertz CT molecular complexity index is 164. The van der Waals surface area contributed by atoms with E-state index in [9.17, 15) is 0 Å². The number of hydrogen-bond donors (Lipinski definition) is 0.